The van der Waals surface area contributed by atoms with E-state index >= 15 is 0 Å². The number of halogens is 1. The second-order valence-corrected chi connectivity index (χ2v) is 5.70. The van der Waals surface area contributed by atoms with Gasteiger partial charge in [0.1, 0.15) is 6.10 Å². The summed E-state index contributed by atoms with van der Waals surface area (Å²) >= 11 is 6.11. The molecule has 19 heavy (non-hydrogen) atoms. The lowest BCUT2D eigenvalue weighted by atomic mass is 9.85. The van der Waals surface area contributed by atoms with Gasteiger partial charge in [-0.2, -0.15) is 0 Å². The molecule has 1 heterocycles. The van der Waals surface area contributed by atoms with Gasteiger partial charge >= 0.3 is 0 Å². The van der Waals surface area contributed by atoms with Crippen LogP contribution < -0.4 is 10.1 Å². The lowest BCUT2D eigenvalue weighted by Gasteiger charge is -2.28. The van der Waals surface area contributed by atoms with Gasteiger partial charge in [0, 0.05) is 12.6 Å². The minimum atomic E-state index is 0.315. The third-order valence-electron chi connectivity index (χ3n) is 3.84. The molecule has 1 N–H and O–H groups in total. The zero-order chi connectivity index (χ0) is 13.7. The molecule has 2 rings (SSSR count). The molecule has 1 saturated carbocycles. The van der Waals surface area contributed by atoms with E-state index < -0.39 is 0 Å². The van der Waals surface area contributed by atoms with Crippen LogP contribution in [0, 0.1) is 5.92 Å². The SMILES string of the molecule is CCC1CCCC(Oc2ccc(Cl)c(CNC)n2)C1. The number of ether oxygens (including phenoxy) is 1. The van der Waals surface area contributed by atoms with Gasteiger partial charge < -0.3 is 10.1 Å². The average Bonchev–Trinajstić information content (AvgIpc) is 2.43. The molecule has 1 aliphatic carbocycles. The van der Waals surface area contributed by atoms with Gasteiger partial charge in [-0.05, 0) is 38.3 Å². The van der Waals surface area contributed by atoms with Crippen molar-refractivity contribution in [3.63, 3.8) is 0 Å². The summed E-state index contributed by atoms with van der Waals surface area (Å²) in [6.45, 7) is 2.93. The maximum Gasteiger partial charge on any atom is 0.213 e. The van der Waals surface area contributed by atoms with E-state index in [2.05, 4.69) is 17.2 Å². The summed E-state index contributed by atoms with van der Waals surface area (Å²) in [5.74, 6) is 1.51. The van der Waals surface area contributed by atoms with E-state index in [-0.39, 0.29) is 0 Å². The standard InChI is InChI=1S/C15H23ClN2O/c1-3-11-5-4-6-12(9-11)19-15-8-7-13(16)14(18-15)10-17-2/h7-8,11-12,17H,3-6,9-10H2,1-2H3. The van der Waals surface area contributed by atoms with Crippen molar-refractivity contribution in [1.82, 2.24) is 10.3 Å². The van der Waals surface area contributed by atoms with Gasteiger partial charge in [-0.3, -0.25) is 0 Å². The molecule has 0 spiro atoms. The molecule has 3 nitrogen and oxygen atoms in total. The second kappa shape index (κ2) is 7.11. The van der Waals surface area contributed by atoms with Gasteiger partial charge in [0.2, 0.25) is 5.88 Å². The summed E-state index contributed by atoms with van der Waals surface area (Å²) in [5.41, 5.74) is 0.851. The molecule has 2 unspecified atom stereocenters. The Morgan fingerprint density at radius 2 is 2.26 bits per heavy atom. The van der Waals surface area contributed by atoms with Crippen molar-refractivity contribution in [2.45, 2.75) is 51.7 Å². The molecule has 0 aliphatic heterocycles. The molecule has 0 amide bonds. The molecule has 0 bridgehead atoms. The van der Waals surface area contributed by atoms with Gasteiger partial charge in [-0.25, -0.2) is 4.98 Å². The summed E-state index contributed by atoms with van der Waals surface area (Å²) in [6, 6.07) is 3.74. The molecule has 2 atom stereocenters. The first-order valence-electron chi connectivity index (χ1n) is 7.19. The van der Waals surface area contributed by atoms with Crippen LogP contribution in [0.4, 0.5) is 0 Å². The third-order valence-corrected chi connectivity index (χ3v) is 4.18. The Labute approximate surface area is 120 Å². The average molecular weight is 283 g/mol. The molecule has 106 valence electrons. The van der Waals surface area contributed by atoms with Crippen molar-refractivity contribution in [3.8, 4) is 5.88 Å². The van der Waals surface area contributed by atoms with Crippen LogP contribution in [0.3, 0.4) is 0 Å². The van der Waals surface area contributed by atoms with Crippen LogP contribution in [-0.2, 0) is 6.54 Å². The number of nitrogens with one attached hydrogen (secondary N) is 1. The molecule has 0 aromatic carbocycles. The summed E-state index contributed by atoms with van der Waals surface area (Å²) in [6.07, 6.45) is 6.47. The molecule has 1 aliphatic rings. The molecular formula is C15H23ClN2O. The number of rotatable bonds is 5. The van der Waals surface area contributed by atoms with Crippen LogP contribution in [0.5, 0.6) is 5.88 Å². The van der Waals surface area contributed by atoms with Gasteiger partial charge in [0.05, 0.1) is 10.7 Å². The fourth-order valence-electron chi connectivity index (χ4n) is 2.71. The highest BCUT2D eigenvalue weighted by molar-refractivity contribution is 6.31. The van der Waals surface area contributed by atoms with Crippen LogP contribution >= 0.6 is 11.6 Å². The van der Waals surface area contributed by atoms with Gasteiger partial charge in [0.15, 0.2) is 0 Å². The first kappa shape index (κ1) is 14.6. The van der Waals surface area contributed by atoms with Crippen LogP contribution in [0.1, 0.15) is 44.7 Å². The van der Waals surface area contributed by atoms with Crippen molar-refractivity contribution >= 4 is 11.6 Å². The van der Waals surface area contributed by atoms with Crippen molar-refractivity contribution in [2.75, 3.05) is 7.05 Å². The maximum atomic E-state index is 6.11. The quantitative estimate of drug-likeness (QED) is 0.892. The third kappa shape index (κ3) is 4.08. The number of nitrogens with zero attached hydrogens (tertiary/aromatic N) is 1. The highest BCUT2D eigenvalue weighted by atomic mass is 35.5. The van der Waals surface area contributed by atoms with Gasteiger partial charge in [-0.1, -0.05) is 31.4 Å². The monoisotopic (exact) mass is 282 g/mol. The zero-order valence-corrected chi connectivity index (χ0v) is 12.5. The lowest BCUT2D eigenvalue weighted by Crippen LogP contribution is -2.25. The van der Waals surface area contributed by atoms with Gasteiger partial charge in [0.25, 0.3) is 0 Å². The van der Waals surface area contributed by atoms with Crippen molar-refractivity contribution in [1.29, 1.82) is 0 Å². The van der Waals surface area contributed by atoms with Crippen molar-refractivity contribution in [3.05, 3.63) is 22.8 Å². The van der Waals surface area contributed by atoms with Crippen molar-refractivity contribution in [2.24, 2.45) is 5.92 Å². The normalized spacial score (nSPS) is 23.3. The highest BCUT2D eigenvalue weighted by Gasteiger charge is 2.22. The smallest absolute Gasteiger partial charge is 0.213 e. The van der Waals surface area contributed by atoms with Crippen LogP contribution in [0.25, 0.3) is 0 Å². The highest BCUT2D eigenvalue weighted by Crippen LogP contribution is 2.29. The first-order chi connectivity index (χ1) is 9.22. The summed E-state index contributed by atoms with van der Waals surface area (Å²) in [7, 11) is 1.89. The Bertz CT molecular complexity index is 411. The molecular weight excluding hydrogens is 260 g/mol. The lowest BCUT2D eigenvalue weighted by molar-refractivity contribution is 0.117. The Balaban J connectivity index is 2.00. The Morgan fingerprint density at radius 3 is 3.00 bits per heavy atom. The number of aromatic nitrogens is 1. The first-order valence-corrected chi connectivity index (χ1v) is 7.57. The van der Waals surface area contributed by atoms with E-state index in [9.17, 15) is 0 Å². The Hall–Kier alpha value is -0.800. The Morgan fingerprint density at radius 1 is 1.42 bits per heavy atom. The molecule has 0 saturated heterocycles. The largest absolute Gasteiger partial charge is 0.474 e. The van der Waals surface area contributed by atoms with Crippen LogP contribution in [0.15, 0.2) is 12.1 Å². The fraction of sp³-hybridized carbons (Fsp3) is 0.667. The predicted octanol–water partition coefficient (Wildman–Crippen LogP) is 3.80. The second-order valence-electron chi connectivity index (χ2n) is 5.29. The number of pyridine rings is 1. The topological polar surface area (TPSA) is 34.1 Å². The molecule has 4 heteroatoms. The van der Waals surface area contributed by atoms with Gasteiger partial charge in [-0.15, -0.1) is 0 Å². The van der Waals surface area contributed by atoms with E-state index in [1.54, 1.807) is 0 Å². The maximum absolute atomic E-state index is 6.11. The minimum Gasteiger partial charge on any atom is -0.474 e. The zero-order valence-electron chi connectivity index (χ0n) is 11.8. The van der Waals surface area contributed by atoms with Crippen LogP contribution in [0.2, 0.25) is 5.02 Å². The van der Waals surface area contributed by atoms with E-state index in [1.807, 2.05) is 19.2 Å². The number of hydrogen-bond acceptors (Lipinski definition) is 3. The van der Waals surface area contributed by atoms with E-state index in [0.29, 0.717) is 23.6 Å². The molecule has 1 aromatic rings. The van der Waals surface area contributed by atoms with Crippen LogP contribution in [-0.4, -0.2) is 18.1 Å². The summed E-state index contributed by atoms with van der Waals surface area (Å²) in [4.78, 5) is 4.49. The predicted molar refractivity (Wildman–Crippen MR) is 78.7 cm³/mol. The molecule has 1 fully saturated rings. The Kier molecular flexibility index (Phi) is 5.46. The summed E-state index contributed by atoms with van der Waals surface area (Å²) in [5, 5.41) is 3.76. The van der Waals surface area contributed by atoms with Crippen molar-refractivity contribution < 1.29 is 4.74 Å². The fourth-order valence-corrected chi connectivity index (χ4v) is 2.88. The summed E-state index contributed by atoms with van der Waals surface area (Å²) < 4.78 is 6.03. The van der Waals surface area contributed by atoms with E-state index in [4.69, 9.17) is 16.3 Å². The number of hydrogen-bond donors (Lipinski definition) is 1. The molecule has 0 radical (unpaired) electrons. The van der Waals surface area contributed by atoms with E-state index in [0.717, 1.165) is 24.5 Å². The molecule has 1 aromatic heterocycles. The minimum absolute atomic E-state index is 0.315. The van der Waals surface area contributed by atoms with E-state index in [1.165, 1.54) is 19.3 Å².